The first-order chi connectivity index (χ1) is 10.2. The molecule has 0 spiro atoms. The van der Waals surface area contributed by atoms with Crippen molar-refractivity contribution in [1.29, 1.82) is 0 Å². The maximum Gasteiger partial charge on any atom is 0.247 e. The number of nitrogens with two attached hydrogens (primary N) is 1. The van der Waals surface area contributed by atoms with Gasteiger partial charge in [0.25, 0.3) is 0 Å². The van der Waals surface area contributed by atoms with Crippen molar-refractivity contribution in [1.82, 2.24) is 0 Å². The van der Waals surface area contributed by atoms with Crippen LogP contribution in [0, 0.1) is 0 Å². The third-order valence-corrected chi connectivity index (χ3v) is 3.71. The van der Waals surface area contributed by atoms with E-state index in [2.05, 4.69) is 0 Å². The van der Waals surface area contributed by atoms with E-state index in [1.54, 1.807) is 4.90 Å². The van der Waals surface area contributed by atoms with E-state index in [-0.39, 0.29) is 11.9 Å². The number of carbonyl (C=O) groups is 1. The van der Waals surface area contributed by atoms with Crippen LogP contribution >= 0.6 is 0 Å². The minimum absolute atomic E-state index is 0.0481. The molecule has 2 aromatic rings. The average Bonchev–Trinajstić information content (AvgIpc) is 2.54. The van der Waals surface area contributed by atoms with E-state index in [4.69, 9.17) is 10.5 Å². The first-order valence-corrected chi connectivity index (χ1v) is 7.09. The number of nitrogens with zero attached hydrogens (tertiary/aromatic N) is 1. The molecule has 21 heavy (non-hydrogen) atoms. The van der Waals surface area contributed by atoms with Crippen LogP contribution < -0.4 is 15.4 Å². The average molecular weight is 282 g/mol. The third kappa shape index (κ3) is 2.38. The molecule has 4 nitrogen and oxygen atoms in total. The molecule has 2 atom stereocenters. The quantitative estimate of drug-likeness (QED) is 0.877. The lowest BCUT2D eigenvalue weighted by Gasteiger charge is -2.45. The molecule has 0 unspecified atom stereocenters. The van der Waals surface area contributed by atoms with Gasteiger partial charge in [0, 0.05) is 5.69 Å². The van der Waals surface area contributed by atoms with Crippen molar-refractivity contribution < 1.29 is 9.53 Å². The van der Waals surface area contributed by atoms with E-state index >= 15 is 0 Å². The summed E-state index contributed by atoms with van der Waals surface area (Å²) < 4.78 is 5.42. The molecule has 0 aromatic heterocycles. The monoisotopic (exact) mass is 282 g/mol. The number of β-lactam (4-membered cyclic amide) rings is 1. The summed E-state index contributed by atoms with van der Waals surface area (Å²) >= 11 is 0. The Hall–Kier alpha value is -2.33. The molecule has 1 fully saturated rings. The second kappa shape index (κ2) is 5.58. The third-order valence-electron chi connectivity index (χ3n) is 3.71. The van der Waals surface area contributed by atoms with Crippen LogP contribution in [0.4, 0.5) is 5.69 Å². The number of ether oxygens (including phenoxy) is 1. The highest BCUT2D eigenvalue weighted by molar-refractivity contribution is 6.05. The van der Waals surface area contributed by atoms with Gasteiger partial charge in [-0.25, -0.2) is 0 Å². The molecule has 1 aliphatic heterocycles. The fourth-order valence-electron chi connectivity index (χ4n) is 2.68. The van der Waals surface area contributed by atoms with Crippen LogP contribution in [0.5, 0.6) is 5.75 Å². The smallest absolute Gasteiger partial charge is 0.247 e. The highest BCUT2D eigenvalue weighted by atomic mass is 16.5. The molecule has 4 heteroatoms. The topological polar surface area (TPSA) is 55.6 Å². The predicted octanol–water partition coefficient (Wildman–Crippen LogP) is 2.50. The van der Waals surface area contributed by atoms with E-state index in [1.807, 2.05) is 61.5 Å². The van der Waals surface area contributed by atoms with Gasteiger partial charge in [-0.05, 0) is 36.8 Å². The number of anilines is 1. The van der Waals surface area contributed by atoms with Crippen molar-refractivity contribution in [2.45, 2.75) is 19.0 Å². The molecule has 2 N–H and O–H groups in total. The molecule has 2 aromatic carbocycles. The Labute approximate surface area is 124 Å². The van der Waals surface area contributed by atoms with Crippen molar-refractivity contribution in [3.8, 4) is 5.75 Å². The van der Waals surface area contributed by atoms with Gasteiger partial charge >= 0.3 is 0 Å². The minimum Gasteiger partial charge on any atom is -0.494 e. The molecule has 0 saturated carbocycles. The van der Waals surface area contributed by atoms with Crippen LogP contribution in [0.15, 0.2) is 54.6 Å². The first kappa shape index (κ1) is 13.6. The van der Waals surface area contributed by atoms with Gasteiger partial charge in [0.05, 0.1) is 12.6 Å². The van der Waals surface area contributed by atoms with Gasteiger partial charge in [0.2, 0.25) is 5.91 Å². The van der Waals surface area contributed by atoms with Crippen molar-refractivity contribution in [2.24, 2.45) is 5.73 Å². The zero-order valence-electron chi connectivity index (χ0n) is 11.9. The summed E-state index contributed by atoms with van der Waals surface area (Å²) in [6.07, 6.45) is 0. The molecular weight excluding hydrogens is 264 g/mol. The van der Waals surface area contributed by atoms with Gasteiger partial charge in [-0.3, -0.25) is 4.79 Å². The van der Waals surface area contributed by atoms with Crippen molar-refractivity contribution in [3.05, 3.63) is 60.2 Å². The normalized spacial score (nSPS) is 21.0. The van der Waals surface area contributed by atoms with E-state index in [0.717, 1.165) is 17.0 Å². The maximum absolute atomic E-state index is 12.1. The van der Waals surface area contributed by atoms with E-state index in [9.17, 15) is 4.79 Å². The Balaban J connectivity index is 1.87. The van der Waals surface area contributed by atoms with Gasteiger partial charge in [-0.1, -0.05) is 30.3 Å². The Morgan fingerprint density at radius 1 is 1.10 bits per heavy atom. The number of hydrogen-bond donors (Lipinski definition) is 1. The maximum atomic E-state index is 12.1. The summed E-state index contributed by atoms with van der Waals surface area (Å²) in [7, 11) is 0. The zero-order valence-corrected chi connectivity index (χ0v) is 11.9. The lowest BCUT2D eigenvalue weighted by Crippen LogP contribution is -2.63. The number of carbonyl (C=O) groups excluding carboxylic acids is 1. The molecular formula is C17H18N2O2. The van der Waals surface area contributed by atoms with Gasteiger partial charge in [0.1, 0.15) is 11.8 Å². The molecule has 3 rings (SSSR count). The molecule has 0 bridgehead atoms. The van der Waals surface area contributed by atoms with Crippen LogP contribution in [0.1, 0.15) is 18.5 Å². The second-order valence-corrected chi connectivity index (χ2v) is 5.02. The molecule has 0 radical (unpaired) electrons. The fraction of sp³-hybridized carbons (Fsp3) is 0.235. The predicted molar refractivity (Wildman–Crippen MR) is 82.3 cm³/mol. The lowest BCUT2D eigenvalue weighted by molar-refractivity contribution is -0.126. The fourth-order valence-corrected chi connectivity index (χ4v) is 2.68. The molecule has 1 aliphatic rings. The Kier molecular flexibility index (Phi) is 3.62. The summed E-state index contributed by atoms with van der Waals surface area (Å²) in [6.45, 7) is 2.57. The SMILES string of the molecule is CCOc1ccc(N2C(=O)[C@@H](N)[C@@H]2c2ccccc2)cc1. The minimum atomic E-state index is -0.473. The number of amides is 1. The van der Waals surface area contributed by atoms with Crippen LogP contribution in [-0.2, 0) is 4.79 Å². The Bertz CT molecular complexity index is 625. The Morgan fingerprint density at radius 3 is 2.38 bits per heavy atom. The summed E-state index contributed by atoms with van der Waals surface area (Å²) in [5.41, 5.74) is 7.89. The van der Waals surface area contributed by atoms with Gasteiger partial charge < -0.3 is 15.4 Å². The van der Waals surface area contributed by atoms with Crippen LogP contribution in [0.2, 0.25) is 0 Å². The zero-order chi connectivity index (χ0) is 14.8. The summed E-state index contributed by atoms with van der Waals surface area (Å²) in [6, 6.07) is 16.8. The number of hydrogen-bond acceptors (Lipinski definition) is 3. The highest BCUT2D eigenvalue weighted by Gasteiger charge is 2.46. The summed E-state index contributed by atoms with van der Waals surface area (Å²) in [5, 5.41) is 0. The summed E-state index contributed by atoms with van der Waals surface area (Å²) in [4.78, 5) is 13.9. The van der Waals surface area contributed by atoms with Crippen molar-refractivity contribution >= 4 is 11.6 Å². The number of rotatable bonds is 4. The van der Waals surface area contributed by atoms with E-state index in [0.29, 0.717) is 6.61 Å². The van der Waals surface area contributed by atoms with Gasteiger partial charge in [-0.15, -0.1) is 0 Å². The molecule has 1 saturated heterocycles. The second-order valence-electron chi connectivity index (χ2n) is 5.02. The standard InChI is InChI=1S/C17H18N2O2/c1-2-21-14-10-8-13(9-11-14)19-16(15(18)17(19)20)12-6-4-3-5-7-12/h3-11,15-16H,2,18H2,1H3/t15-,16-/m0/s1. The lowest BCUT2D eigenvalue weighted by atomic mass is 9.88. The molecule has 1 heterocycles. The van der Waals surface area contributed by atoms with E-state index in [1.165, 1.54) is 0 Å². The molecule has 0 aliphatic carbocycles. The van der Waals surface area contributed by atoms with Crippen LogP contribution in [0.25, 0.3) is 0 Å². The summed E-state index contributed by atoms with van der Waals surface area (Å²) in [5.74, 6) is 0.753. The van der Waals surface area contributed by atoms with Crippen molar-refractivity contribution in [2.75, 3.05) is 11.5 Å². The molecule has 108 valence electrons. The Morgan fingerprint density at radius 2 is 1.76 bits per heavy atom. The van der Waals surface area contributed by atoms with E-state index < -0.39 is 6.04 Å². The molecule has 1 amide bonds. The highest BCUT2D eigenvalue weighted by Crippen LogP contribution is 2.38. The van der Waals surface area contributed by atoms with Gasteiger partial charge in [0.15, 0.2) is 0 Å². The first-order valence-electron chi connectivity index (χ1n) is 7.09. The van der Waals surface area contributed by atoms with Crippen LogP contribution in [0.3, 0.4) is 0 Å². The van der Waals surface area contributed by atoms with Crippen molar-refractivity contribution in [3.63, 3.8) is 0 Å². The van der Waals surface area contributed by atoms with Crippen LogP contribution in [-0.4, -0.2) is 18.6 Å². The number of benzene rings is 2. The van der Waals surface area contributed by atoms with Gasteiger partial charge in [-0.2, -0.15) is 0 Å². The largest absolute Gasteiger partial charge is 0.494 e.